The van der Waals surface area contributed by atoms with Gasteiger partial charge in [-0.25, -0.2) is 0 Å². The molecular weight excluding hydrogens is 408 g/mol. The number of rotatable bonds is 0. The Hall–Kier alpha value is -3.38. The van der Waals surface area contributed by atoms with E-state index in [9.17, 15) is 0 Å². The van der Waals surface area contributed by atoms with E-state index >= 15 is 0 Å². The Kier molecular flexibility index (Phi) is 3.65. The molecule has 0 spiro atoms. The van der Waals surface area contributed by atoms with Crippen LogP contribution in [0.25, 0.3) is 64.6 Å². The van der Waals surface area contributed by atoms with Crippen molar-refractivity contribution in [1.82, 2.24) is 0 Å². The molecule has 0 aliphatic rings. The molecule has 0 heterocycles. The maximum atomic E-state index is 2.40. The average Bonchev–Trinajstić information content (AvgIpc) is 2.79. The number of benzene rings is 7. The second-order valence-electron chi connectivity index (χ2n) is 12.3. The van der Waals surface area contributed by atoms with Crippen molar-refractivity contribution in [3.63, 3.8) is 0 Å². The van der Waals surface area contributed by atoms with Crippen LogP contribution in [0.4, 0.5) is 0 Å². The van der Waals surface area contributed by atoms with Gasteiger partial charge in [-0.15, -0.1) is 0 Å². The van der Waals surface area contributed by atoms with E-state index < -0.39 is 0 Å². The Labute approximate surface area is 200 Å². The topological polar surface area (TPSA) is 0 Å². The third-order valence-corrected chi connectivity index (χ3v) is 8.01. The first-order valence-corrected chi connectivity index (χ1v) is 12.5. The van der Waals surface area contributed by atoms with Crippen molar-refractivity contribution in [1.29, 1.82) is 0 Å². The fourth-order valence-electron chi connectivity index (χ4n) is 6.10. The minimum absolute atomic E-state index is 0.132. The maximum Gasteiger partial charge on any atom is -0.00143 e. The molecule has 0 unspecified atom stereocenters. The minimum Gasteiger partial charge on any atom is -0.0561 e. The third kappa shape index (κ3) is 2.55. The Balaban J connectivity index is 1.69. The first kappa shape index (κ1) is 20.0. The maximum absolute atomic E-state index is 2.40. The van der Waals surface area contributed by atoms with Gasteiger partial charge in [-0.1, -0.05) is 114 Å². The Morgan fingerprint density at radius 2 is 0.618 bits per heavy atom. The second kappa shape index (κ2) is 6.19. The zero-order valence-corrected chi connectivity index (χ0v) is 20.9. The van der Waals surface area contributed by atoms with E-state index in [0.717, 1.165) is 0 Å². The minimum atomic E-state index is 0.132. The zero-order valence-electron chi connectivity index (χ0n) is 20.9. The molecule has 34 heavy (non-hydrogen) atoms. The molecule has 0 bridgehead atoms. The second-order valence-corrected chi connectivity index (χ2v) is 12.3. The first-order valence-electron chi connectivity index (χ1n) is 12.5. The van der Waals surface area contributed by atoms with Crippen molar-refractivity contribution >= 4 is 64.6 Å². The van der Waals surface area contributed by atoms with Crippen molar-refractivity contribution < 1.29 is 0 Å². The summed E-state index contributed by atoms with van der Waals surface area (Å²) in [4.78, 5) is 0. The first-order chi connectivity index (χ1) is 16.1. The summed E-state index contributed by atoms with van der Waals surface area (Å²) in [6.45, 7) is 13.8. The van der Waals surface area contributed by atoms with Crippen LogP contribution < -0.4 is 0 Å². The van der Waals surface area contributed by atoms with E-state index in [-0.39, 0.29) is 10.8 Å². The molecule has 0 radical (unpaired) electrons. The lowest BCUT2D eigenvalue weighted by Gasteiger charge is -2.23. The summed E-state index contributed by atoms with van der Waals surface area (Å²) in [6, 6.07) is 28.4. The normalized spacial score (nSPS) is 13.6. The molecule has 7 aromatic rings. The predicted octanol–water partition coefficient (Wildman–Crippen LogP) is 10.1. The van der Waals surface area contributed by atoms with Crippen LogP contribution >= 0.6 is 0 Å². The molecule has 0 amide bonds. The van der Waals surface area contributed by atoms with Gasteiger partial charge in [0, 0.05) is 0 Å². The molecule has 7 aromatic carbocycles. The highest BCUT2D eigenvalue weighted by molar-refractivity contribution is 6.39. The fraction of sp³-hybridized carbons (Fsp3) is 0.235. The van der Waals surface area contributed by atoms with Gasteiger partial charge in [-0.2, -0.15) is 0 Å². The van der Waals surface area contributed by atoms with Gasteiger partial charge in [-0.05, 0) is 86.6 Å². The molecule has 0 heteroatoms. The molecule has 0 aliphatic carbocycles. The predicted molar refractivity (Wildman–Crippen MR) is 151 cm³/mol. The Morgan fingerprint density at radius 1 is 0.353 bits per heavy atom. The summed E-state index contributed by atoms with van der Waals surface area (Å²) in [6.07, 6.45) is 0. The van der Waals surface area contributed by atoms with Gasteiger partial charge in [0.15, 0.2) is 0 Å². The highest BCUT2D eigenvalue weighted by Gasteiger charge is 2.21. The van der Waals surface area contributed by atoms with Crippen LogP contribution in [0.5, 0.6) is 0 Å². The largest absolute Gasteiger partial charge is 0.0561 e. The summed E-state index contributed by atoms with van der Waals surface area (Å²) in [7, 11) is 0. The van der Waals surface area contributed by atoms with Crippen LogP contribution in [-0.4, -0.2) is 0 Å². The van der Waals surface area contributed by atoms with E-state index in [1.54, 1.807) is 0 Å². The monoisotopic (exact) mass is 438 g/mol. The molecule has 0 saturated carbocycles. The standard InChI is InChI=1S/C34H30/c1-33(2,3)23-15-19-7-11-25-27-13-9-21-17-24(34(4,5)6)18-22-10-14-28(32(27)30(21)22)26-12-8-20(16-23)29(19)31(25)26/h7-18H,1-6H3. The van der Waals surface area contributed by atoms with Crippen molar-refractivity contribution in [2.45, 2.75) is 52.4 Å². The van der Waals surface area contributed by atoms with Crippen molar-refractivity contribution in [3.05, 3.63) is 83.9 Å². The molecule has 7 rings (SSSR count). The molecule has 0 N–H and O–H groups in total. The molecule has 0 saturated heterocycles. The lowest BCUT2D eigenvalue weighted by atomic mass is 9.80. The van der Waals surface area contributed by atoms with Crippen molar-refractivity contribution in [2.24, 2.45) is 0 Å². The van der Waals surface area contributed by atoms with Crippen LogP contribution in [0, 0.1) is 0 Å². The Bertz CT molecular complexity index is 1640. The van der Waals surface area contributed by atoms with Gasteiger partial charge in [0.05, 0.1) is 0 Å². The number of hydrogen-bond acceptors (Lipinski definition) is 0. The van der Waals surface area contributed by atoms with Crippen molar-refractivity contribution in [3.8, 4) is 0 Å². The molecule has 0 aliphatic heterocycles. The third-order valence-electron chi connectivity index (χ3n) is 8.01. The molecule has 0 fully saturated rings. The van der Waals surface area contributed by atoms with E-state index in [0.29, 0.717) is 0 Å². The van der Waals surface area contributed by atoms with Gasteiger partial charge in [0.2, 0.25) is 0 Å². The van der Waals surface area contributed by atoms with Crippen LogP contribution in [0.15, 0.2) is 72.8 Å². The van der Waals surface area contributed by atoms with E-state index in [1.165, 1.54) is 75.8 Å². The van der Waals surface area contributed by atoms with Crippen LogP contribution in [-0.2, 0) is 10.8 Å². The lowest BCUT2D eigenvalue weighted by Crippen LogP contribution is -2.11. The summed E-state index contributed by atoms with van der Waals surface area (Å²) in [5.41, 5.74) is 3.06. The van der Waals surface area contributed by atoms with Crippen LogP contribution in [0.2, 0.25) is 0 Å². The number of fused-ring (bicyclic) bond motifs is 2. The Morgan fingerprint density at radius 3 is 0.853 bits per heavy atom. The molecule has 0 atom stereocenters. The van der Waals surface area contributed by atoms with E-state index in [1.807, 2.05) is 0 Å². The van der Waals surface area contributed by atoms with Crippen LogP contribution in [0.3, 0.4) is 0 Å². The summed E-state index contributed by atoms with van der Waals surface area (Å²) in [5.74, 6) is 0. The van der Waals surface area contributed by atoms with Gasteiger partial charge >= 0.3 is 0 Å². The molecule has 0 aromatic heterocycles. The van der Waals surface area contributed by atoms with Gasteiger partial charge in [0.1, 0.15) is 0 Å². The van der Waals surface area contributed by atoms with E-state index in [2.05, 4.69) is 114 Å². The smallest absolute Gasteiger partial charge is 0.00143 e. The van der Waals surface area contributed by atoms with Gasteiger partial charge in [0.25, 0.3) is 0 Å². The summed E-state index contributed by atoms with van der Waals surface area (Å²) >= 11 is 0. The van der Waals surface area contributed by atoms with Gasteiger partial charge < -0.3 is 0 Å². The van der Waals surface area contributed by atoms with Crippen molar-refractivity contribution in [2.75, 3.05) is 0 Å². The average molecular weight is 439 g/mol. The molecule has 166 valence electrons. The van der Waals surface area contributed by atoms with Gasteiger partial charge in [-0.3, -0.25) is 0 Å². The fourth-order valence-corrected chi connectivity index (χ4v) is 6.10. The zero-order chi connectivity index (χ0) is 23.6. The SMILES string of the molecule is CC(C)(C)c1cc2ccc3c4ccc5cc(C(C)(C)C)cc6ccc(c7ccc(c1)c2c37)c4c56. The number of hydrogen-bond donors (Lipinski definition) is 0. The highest BCUT2D eigenvalue weighted by atomic mass is 14.2. The van der Waals surface area contributed by atoms with E-state index in [4.69, 9.17) is 0 Å². The molecule has 0 nitrogen and oxygen atoms in total. The van der Waals surface area contributed by atoms with Crippen LogP contribution in [0.1, 0.15) is 52.7 Å². The summed E-state index contributed by atoms with van der Waals surface area (Å²) in [5, 5.41) is 16.5. The lowest BCUT2D eigenvalue weighted by molar-refractivity contribution is 0.591. The molecular formula is C34H30. The highest BCUT2D eigenvalue weighted by Crippen LogP contribution is 2.46. The summed E-state index contributed by atoms with van der Waals surface area (Å²) < 4.78 is 0. The quantitative estimate of drug-likeness (QED) is 0.163.